The lowest BCUT2D eigenvalue weighted by atomic mass is 9.83. The molecule has 1 atom stereocenters. The fourth-order valence-electron chi connectivity index (χ4n) is 4.66. The molecule has 2 aliphatic rings. The largest absolute Gasteiger partial charge is 0.388 e. The summed E-state index contributed by atoms with van der Waals surface area (Å²) < 4.78 is 0. The van der Waals surface area contributed by atoms with Gasteiger partial charge in [-0.2, -0.15) is 0 Å². The van der Waals surface area contributed by atoms with Gasteiger partial charge in [-0.1, -0.05) is 44.9 Å². The summed E-state index contributed by atoms with van der Waals surface area (Å²) in [6, 6.07) is 4.52. The maximum Gasteiger partial charge on any atom is 0.150 e. The number of β-amino-alcohol motifs (C(OH)–C–C–N with tert-alkyl or cyclic N) is 1. The van der Waals surface area contributed by atoms with E-state index < -0.39 is 5.60 Å². The predicted octanol–water partition coefficient (Wildman–Crippen LogP) is 4.58. The Hall–Kier alpha value is -2.14. The summed E-state index contributed by atoms with van der Waals surface area (Å²) in [4.78, 5) is 11.8. The first-order chi connectivity index (χ1) is 13.5. The first-order valence-electron chi connectivity index (χ1n) is 10.7. The van der Waals surface area contributed by atoms with E-state index in [1.54, 1.807) is 0 Å². The molecule has 1 aromatic heterocycles. The van der Waals surface area contributed by atoms with Crippen LogP contribution in [-0.2, 0) is 6.42 Å². The number of anilines is 1. The van der Waals surface area contributed by atoms with Gasteiger partial charge in [-0.05, 0) is 49.7 Å². The van der Waals surface area contributed by atoms with Gasteiger partial charge in [-0.25, -0.2) is 4.98 Å². The summed E-state index contributed by atoms with van der Waals surface area (Å²) in [5, 5.41) is 13.5. The van der Waals surface area contributed by atoms with Crippen LogP contribution >= 0.6 is 0 Å². The molecule has 0 radical (unpaired) electrons. The molecule has 0 bridgehead atoms. The summed E-state index contributed by atoms with van der Waals surface area (Å²) in [6.45, 7) is 9.57. The molecule has 2 N–H and O–H groups in total. The second-order valence-corrected chi connectivity index (χ2v) is 8.70. The zero-order valence-corrected chi connectivity index (χ0v) is 17.2. The lowest BCUT2D eigenvalue weighted by molar-refractivity contribution is 0.0727. The standard InChI is InChI=1S/C23H32N4O/c1-4-17-10-11-19(18-8-6-5-7-9-18)22-21(17)26-20(14-24-22)25-16(2)27-13-12-23(3,28)15-27/h10-11,14,18,28H,2,4-9,12-13,15H2,1,3H3,(H,25,26)/t23-/m0/s1. The average Bonchev–Trinajstić information content (AvgIpc) is 3.07. The topological polar surface area (TPSA) is 61.3 Å². The smallest absolute Gasteiger partial charge is 0.150 e. The fourth-order valence-corrected chi connectivity index (χ4v) is 4.66. The SMILES string of the molecule is C=C(Nc1cnc2c(C3CCCCC3)ccc(CC)c2n1)N1CC[C@](C)(O)C1. The van der Waals surface area contributed by atoms with Crippen molar-refractivity contribution in [3.05, 3.63) is 41.9 Å². The third kappa shape index (κ3) is 3.86. The first-order valence-corrected chi connectivity index (χ1v) is 10.7. The van der Waals surface area contributed by atoms with Gasteiger partial charge in [0, 0.05) is 13.1 Å². The summed E-state index contributed by atoms with van der Waals surface area (Å²) in [5.74, 6) is 2.10. The molecule has 1 saturated heterocycles. The van der Waals surface area contributed by atoms with Crippen molar-refractivity contribution < 1.29 is 5.11 Å². The molecule has 1 saturated carbocycles. The Balaban J connectivity index is 1.61. The normalized spacial score (nSPS) is 23.3. The van der Waals surface area contributed by atoms with Crippen LogP contribution in [0.25, 0.3) is 11.0 Å². The molecule has 1 aliphatic carbocycles. The molecular weight excluding hydrogens is 348 g/mol. The van der Waals surface area contributed by atoms with Crippen molar-refractivity contribution in [3.63, 3.8) is 0 Å². The van der Waals surface area contributed by atoms with E-state index in [2.05, 4.69) is 35.9 Å². The van der Waals surface area contributed by atoms with E-state index in [1.807, 2.05) is 13.1 Å². The number of benzene rings is 1. The number of nitrogens with one attached hydrogen (secondary N) is 1. The fraction of sp³-hybridized carbons (Fsp3) is 0.565. The Labute approximate surface area is 167 Å². The second-order valence-electron chi connectivity index (χ2n) is 8.70. The minimum atomic E-state index is -0.649. The highest BCUT2D eigenvalue weighted by molar-refractivity contribution is 5.83. The quantitative estimate of drug-likeness (QED) is 0.795. The molecule has 5 nitrogen and oxygen atoms in total. The summed E-state index contributed by atoms with van der Waals surface area (Å²) in [5.41, 5.74) is 4.02. The van der Waals surface area contributed by atoms with Crippen LogP contribution in [0.1, 0.15) is 69.4 Å². The molecule has 28 heavy (non-hydrogen) atoms. The highest BCUT2D eigenvalue weighted by atomic mass is 16.3. The minimum Gasteiger partial charge on any atom is -0.388 e. The molecule has 1 aliphatic heterocycles. The molecule has 0 amide bonds. The molecule has 1 aromatic carbocycles. The third-order valence-corrected chi connectivity index (χ3v) is 6.35. The number of aliphatic hydroxyl groups is 1. The zero-order chi connectivity index (χ0) is 19.7. The van der Waals surface area contributed by atoms with Gasteiger partial charge in [-0.15, -0.1) is 0 Å². The highest BCUT2D eigenvalue weighted by Crippen LogP contribution is 2.36. The van der Waals surface area contributed by atoms with Crippen molar-refractivity contribution in [1.29, 1.82) is 0 Å². The molecule has 0 unspecified atom stereocenters. The lowest BCUT2D eigenvalue weighted by Gasteiger charge is -2.24. The van der Waals surface area contributed by atoms with E-state index in [4.69, 9.17) is 9.97 Å². The van der Waals surface area contributed by atoms with Crippen LogP contribution in [-0.4, -0.2) is 38.7 Å². The van der Waals surface area contributed by atoms with Gasteiger partial charge in [0.15, 0.2) is 5.82 Å². The molecule has 2 heterocycles. The van der Waals surface area contributed by atoms with Crippen LogP contribution in [0, 0.1) is 0 Å². The van der Waals surface area contributed by atoms with Crippen molar-refractivity contribution in [2.45, 2.75) is 70.3 Å². The second kappa shape index (κ2) is 7.70. The summed E-state index contributed by atoms with van der Waals surface area (Å²) in [6.07, 6.45) is 10.0. The van der Waals surface area contributed by atoms with Crippen molar-refractivity contribution in [3.8, 4) is 0 Å². The van der Waals surface area contributed by atoms with Crippen molar-refractivity contribution >= 4 is 16.9 Å². The van der Waals surface area contributed by atoms with Gasteiger partial charge < -0.3 is 15.3 Å². The average molecular weight is 381 g/mol. The first kappa shape index (κ1) is 19.2. The Morgan fingerprint density at radius 2 is 2.07 bits per heavy atom. The number of hydrogen-bond donors (Lipinski definition) is 2. The number of rotatable bonds is 5. The number of aromatic nitrogens is 2. The number of aryl methyl sites for hydroxylation is 1. The molecular formula is C23H32N4O. The highest BCUT2D eigenvalue weighted by Gasteiger charge is 2.32. The molecule has 2 aromatic rings. The number of nitrogens with zero attached hydrogens (tertiary/aromatic N) is 3. The van der Waals surface area contributed by atoms with Crippen LogP contribution in [0.15, 0.2) is 30.7 Å². The van der Waals surface area contributed by atoms with E-state index in [-0.39, 0.29) is 0 Å². The van der Waals surface area contributed by atoms with Crippen molar-refractivity contribution in [2.24, 2.45) is 0 Å². The lowest BCUT2D eigenvalue weighted by Crippen LogP contribution is -2.31. The van der Waals surface area contributed by atoms with Gasteiger partial charge in [0.2, 0.25) is 0 Å². The predicted molar refractivity (Wildman–Crippen MR) is 114 cm³/mol. The molecule has 0 spiro atoms. The summed E-state index contributed by atoms with van der Waals surface area (Å²) >= 11 is 0. The van der Waals surface area contributed by atoms with E-state index in [0.29, 0.717) is 12.5 Å². The van der Waals surface area contributed by atoms with E-state index in [0.717, 1.165) is 42.1 Å². The third-order valence-electron chi connectivity index (χ3n) is 6.35. The van der Waals surface area contributed by atoms with Crippen molar-refractivity contribution in [2.75, 3.05) is 18.4 Å². The number of hydrogen-bond acceptors (Lipinski definition) is 5. The van der Waals surface area contributed by atoms with E-state index in [9.17, 15) is 5.11 Å². The minimum absolute atomic E-state index is 0.589. The number of fused-ring (bicyclic) bond motifs is 1. The summed E-state index contributed by atoms with van der Waals surface area (Å²) in [7, 11) is 0. The van der Waals surface area contributed by atoms with Crippen LogP contribution < -0.4 is 5.32 Å². The van der Waals surface area contributed by atoms with Gasteiger partial charge in [0.1, 0.15) is 0 Å². The van der Waals surface area contributed by atoms with E-state index >= 15 is 0 Å². The number of likely N-dealkylation sites (tertiary alicyclic amines) is 1. The maximum atomic E-state index is 10.2. The molecule has 2 fully saturated rings. The monoisotopic (exact) mass is 380 g/mol. The van der Waals surface area contributed by atoms with Crippen LogP contribution in [0.2, 0.25) is 0 Å². The maximum absolute atomic E-state index is 10.2. The van der Waals surface area contributed by atoms with Crippen molar-refractivity contribution in [1.82, 2.24) is 14.9 Å². The molecule has 5 heteroatoms. The van der Waals surface area contributed by atoms with E-state index in [1.165, 1.54) is 43.2 Å². The molecule has 150 valence electrons. The van der Waals surface area contributed by atoms with Gasteiger partial charge in [0.25, 0.3) is 0 Å². The van der Waals surface area contributed by atoms with Crippen LogP contribution in [0.5, 0.6) is 0 Å². The van der Waals surface area contributed by atoms with Gasteiger partial charge in [0.05, 0.1) is 28.7 Å². The van der Waals surface area contributed by atoms with Gasteiger partial charge in [-0.3, -0.25) is 4.98 Å². The van der Waals surface area contributed by atoms with Crippen LogP contribution in [0.4, 0.5) is 5.82 Å². The Morgan fingerprint density at radius 1 is 1.29 bits per heavy atom. The zero-order valence-electron chi connectivity index (χ0n) is 17.2. The Kier molecular flexibility index (Phi) is 5.28. The van der Waals surface area contributed by atoms with Crippen LogP contribution in [0.3, 0.4) is 0 Å². The molecule has 4 rings (SSSR count). The van der Waals surface area contributed by atoms with Gasteiger partial charge >= 0.3 is 0 Å². The Morgan fingerprint density at radius 3 is 2.75 bits per heavy atom. The Bertz CT molecular complexity index is 870.